The van der Waals surface area contributed by atoms with E-state index in [9.17, 15) is 0 Å². The first-order valence-corrected chi connectivity index (χ1v) is 6.07. The highest BCUT2D eigenvalue weighted by Crippen LogP contribution is 2.23. The van der Waals surface area contributed by atoms with Crippen molar-refractivity contribution in [2.45, 2.75) is 33.4 Å². The van der Waals surface area contributed by atoms with Crippen LogP contribution < -0.4 is 5.32 Å². The molecule has 1 atom stereocenters. The van der Waals surface area contributed by atoms with Crippen LogP contribution in [0.1, 0.15) is 37.1 Å². The van der Waals surface area contributed by atoms with Crippen molar-refractivity contribution in [2.24, 2.45) is 0 Å². The first-order chi connectivity index (χ1) is 8.26. The second-order valence-electron chi connectivity index (χ2n) is 4.01. The van der Waals surface area contributed by atoms with Crippen molar-refractivity contribution >= 4 is 0 Å². The predicted octanol–water partition coefficient (Wildman–Crippen LogP) is 2.50. The van der Waals surface area contributed by atoms with Gasteiger partial charge in [0.2, 0.25) is 0 Å². The van der Waals surface area contributed by atoms with Gasteiger partial charge in [0.25, 0.3) is 0 Å². The lowest BCUT2D eigenvalue weighted by molar-refractivity contribution is 0.419. The van der Waals surface area contributed by atoms with Crippen molar-refractivity contribution in [3.63, 3.8) is 0 Å². The maximum atomic E-state index is 5.72. The Kier molecular flexibility index (Phi) is 3.64. The van der Waals surface area contributed by atoms with Crippen LogP contribution in [0.25, 0.3) is 0 Å². The van der Waals surface area contributed by atoms with E-state index in [0.717, 1.165) is 30.3 Å². The summed E-state index contributed by atoms with van der Waals surface area (Å²) in [6, 6.07) is 6.13. The Balaban J connectivity index is 2.35. The molecule has 92 valence electrons. The molecule has 2 aromatic heterocycles. The fraction of sp³-hybridized carbons (Fsp3) is 0.462. The summed E-state index contributed by atoms with van der Waals surface area (Å²) >= 11 is 0. The third kappa shape index (κ3) is 2.42. The number of nitrogens with zero attached hydrogens (tertiary/aromatic N) is 2. The van der Waals surface area contributed by atoms with Crippen LogP contribution in [0.3, 0.4) is 0 Å². The predicted molar refractivity (Wildman–Crippen MR) is 66.9 cm³/mol. The smallest absolute Gasteiger partial charge is 0.127 e. The van der Waals surface area contributed by atoms with Gasteiger partial charge in [-0.1, -0.05) is 6.92 Å². The lowest BCUT2D eigenvalue weighted by Crippen LogP contribution is -2.24. The fourth-order valence-corrected chi connectivity index (χ4v) is 2.02. The van der Waals surface area contributed by atoms with Crippen molar-refractivity contribution in [3.8, 4) is 0 Å². The van der Waals surface area contributed by atoms with Crippen LogP contribution in [0.2, 0.25) is 0 Å². The minimum absolute atomic E-state index is 0.0798. The fourth-order valence-electron chi connectivity index (χ4n) is 2.02. The zero-order valence-corrected chi connectivity index (χ0v) is 10.6. The average molecular weight is 233 g/mol. The molecule has 0 fully saturated rings. The summed E-state index contributed by atoms with van der Waals surface area (Å²) in [6.45, 7) is 7.90. The molecule has 1 unspecified atom stereocenters. The normalized spacial score (nSPS) is 12.9. The third-order valence-corrected chi connectivity index (χ3v) is 2.80. The molecule has 2 aromatic rings. The summed E-state index contributed by atoms with van der Waals surface area (Å²) in [4.78, 5) is 0. The second kappa shape index (κ2) is 5.19. The van der Waals surface area contributed by atoms with Crippen LogP contribution in [0, 0.1) is 6.92 Å². The summed E-state index contributed by atoms with van der Waals surface area (Å²) in [5.74, 6) is 1.88. The van der Waals surface area contributed by atoms with Crippen LogP contribution in [-0.2, 0) is 6.54 Å². The second-order valence-corrected chi connectivity index (χ2v) is 4.01. The van der Waals surface area contributed by atoms with Gasteiger partial charge >= 0.3 is 0 Å². The lowest BCUT2D eigenvalue weighted by Gasteiger charge is -2.16. The largest absolute Gasteiger partial charge is 0.464 e. The maximum absolute atomic E-state index is 5.72. The van der Waals surface area contributed by atoms with Crippen LogP contribution in [0.4, 0.5) is 0 Å². The van der Waals surface area contributed by atoms with E-state index in [4.69, 9.17) is 4.42 Å². The molecule has 0 aliphatic heterocycles. The quantitative estimate of drug-likeness (QED) is 0.862. The Morgan fingerprint density at radius 3 is 2.76 bits per heavy atom. The Hall–Kier alpha value is -1.55. The van der Waals surface area contributed by atoms with Crippen molar-refractivity contribution in [3.05, 3.63) is 41.6 Å². The minimum Gasteiger partial charge on any atom is -0.464 e. The van der Waals surface area contributed by atoms with Gasteiger partial charge in [0, 0.05) is 12.7 Å². The van der Waals surface area contributed by atoms with E-state index < -0.39 is 0 Å². The van der Waals surface area contributed by atoms with Gasteiger partial charge in [-0.15, -0.1) is 0 Å². The Bertz CT molecular complexity index is 472. The highest BCUT2D eigenvalue weighted by Gasteiger charge is 2.19. The molecule has 4 nitrogen and oxygen atoms in total. The van der Waals surface area contributed by atoms with Gasteiger partial charge in [-0.25, -0.2) is 0 Å². The molecule has 0 spiro atoms. The first kappa shape index (κ1) is 11.9. The van der Waals surface area contributed by atoms with E-state index >= 15 is 0 Å². The highest BCUT2D eigenvalue weighted by molar-refractivity contribution is 5.21. The van der Waals surface area contributed by atoms with Crippen molar-refractivity contribution in [2.75, 3.05) is 6.54 Å². The summed E-state index contributed by atoms with van der Waals surface area (Å²) in [5, 5.41) is 7.74. The van der Waals surface area contributed by atoms with Crippen LogP contribution in [-0.4, -0.2) is 16.3 Å². The molecule has 4 heteroatoms. The molecule has 0 radical (unpaired) electrons. The third-order valence-electron chi connectivity index (χ3n) is 2.80. The highest BCUT2D eigenvalue weighted by atomic mass is 16.3. The molecule has 0 amide bonds. The molecule has 0 aliphatic carbocycles. The van der Waals surface area contributed by atoms with Gasteiger partial charge in [0.05, 0.1) is 5.69 Å². The van der Waals surface area contributed by atoms with Gasteiger partial charge in [-0.05, 0) is 38.6 Å². The number of rotatable bonds is 5. The minimum atomic E-state index is 0.0798. The van der Waals surface area contributed by atoms with Gasteiger partial charge in [-0.2, -0.15) is 5.10 Å². The van der Waals surface area contributed by atoms with E-state index in [-0.39, 0.29) is 6.04 Å². The van der Waals surface area contributed by atoms with Gasteiger partial charge < -0.3 is 9.73 Å². The van der Waals surface area contributed by atoms with E-state index in [1.54, 1.807) is 0 Å². The van der Waals surface area contributed by atoms with Crippen molar-refractivity contribution in [1.82, 2.24) is 15.1 Å². The monoisotopic (exact) mass is 233 g/mol. The number of aryl methyl sites for hydroxylation is 2. The maximum Gasteiger partial charge on any atom is 0.127 e. The topological polar surface area (TPSA) is 43.0 Å². The van der Waals surface area contributed by atoms with Crippen molar-refractivity contribution < 1.29 is 4.42 Å². The van der Waals surface area contributed by atoms with E-state index in [0.29, 0.717) is 0 Å². The number of nitrogens with one attached hydrogen (secondary N) is 1. The van der Waals surface area contributed by atoms with E-state index in [1.165, 1.54) is 0 Å². The Labute approximate surface area is 102 Å². The molecule has 17 heavy (non-hydrogen) atoms. The van der Waals surface area contributed by atoms with E-state index in [1.807, 2.05) is 36.0 Å². The summed E-state index contributed by atoms with van der Waals surface area (Å²) < 4.78 is 7.71. The molecule has 0 saturated carbocycles. The molecule has 2 heterocycles. The number of aromatic nitrogens is 2. The zero-order valence-electron chi connectivity index (χ0n) is 10.6. The van der Waals surface area contributed by atoms with Crippen LogP contribution >= 0.6 is 0 Å². The van der Waals surface area contributed by atoms with Crippen molar-refractivity contribution in [1.29, 1.82) is 0 Å². The lowest BCUT2D eigenvalue weighted by atomic mass is 10.1. The Morgan fingerprint density at radius 2 is 2.18 bits per heavy atom. The van der Waals surface area contributed by atoms with E-state index in [2.05, 4.69) is 24.3 Å². The Morgan fingerprint density at radius 1 is 1.35 bits per heavy atom. The standard InChI is InChI=1S/C13H19N3O/c1-4-14-13(12-7-6-10(3)17-12)11-8-9-15-16(11)5-2/h6-9,13-14H,4-5H2,1-3H3. The molecule has 0 bridgehead atoms. The number of hydrogen-bond acceptors (Lipinski definition) is 3. The zero-order chi connectivity index (χ0) is 12.3. The molecule has 0 aliphatic rings. The van der Waals surface area contributed by atoms with Gasteiger partial charge in [0.15, 0.2) is 0 Å². The molecule has 2 rings (SSSR count). The van der Waals surface area contributed by atoms with Crippen LogP contribution in [0.5, 0.6) is 0 Å². The van der Waals surface area contributed by atoms with Crippen LogP contribution in [0.15, 0.2) is 28.8 Å². The summed E-state index contributed by atoms with van der Waals surface area (Å²) in [5.41, 5.74) is 1.14. The SMILES string of the molecule is CCNC(c1ccc(C)o1)c1ccnn1CC. The van der Waals surface area contributed by atoms with Gasteiger partial charge in [-0.3, -0.25) is 4.68 Å². The number of furan rings is 1. The molecule has 0 aromatic carbocycles. The summed E-state index contributed by atoms with van der Waals surface area (Å²) in [6.07, 6.45) is 1.83. The molecular weight excluding hydrogens is 214 g/mol. The average Bonchev–Trinajstić information content (AvgIpc) is 2.94. The molecular formula is C13H19N3O. The molecule has 1 N–H and O–H groups in total. The first-order valence-electron chi connectivity index (χ1n) is 6.07. The number of hydrogen-bond donors (Lipinski definition) is 1. The summed E-state index contributed by atoms with van der Waals surface area (Å²) in [7, 11) is 0. The van der Waals surface area contributed by atoms with Gasteiger partial charge in [0.1, 0.15) is 17.6 Å². The molecule has 0 saturated heterocycles.